The lowest BCUT2D eigenvalue weighted by atomic mass is 10.2. The van der Waals surface area contributed by atoms with Gasteiger partial charge >= 0.3 is 0 Å². The largest absolute Gasteiger partial charge is 0.820 e. The van der Waals surface area contributed by atoms with Crippen LogP contribution in [0, 0.1) is 0 Å². The van der Waals surface area contributed by atoms with Crippen molar-refractivity contribution in [1.82, 2.24) is 4.90 Å². The normalized spacial score (nSPS) is 16.0. The molecule has 0 saturated heterocycles. The fourth-order valence-electron chi connectivity index (χ4n) is 2.79. The molecule has 0 bridgehead atoms. The first-order valence-corrected chi connectivity index (χ1v) is 8.74. The number of amidine groups is 1. The van der Waals surface area contributed by atoms with E-state index in [-0.39, 0.29) is 11.9 Å². The van der Waals surface area contributed by atoms with Gasteiger partial charge in [-0.1, -0.05) is 28.5 Å². The van der Waals surface area contributed by atoms with Crippen LogP contribution in [0.25, 0.3) is 16.0 Å². The Hall–Kier alpha value is -2.41. The van der Waals surface area contributed by atoms with E-state index >= 15 is 0 Å². The molecule has 0 unspecified atom stereocenters. The molecule has 2 aromatic rings. The number of carbonyl (C=O) groups excluding carboxylic acids is 1. The zero-order chi connectivity index (χ0) is 17.4. The number of carbonyl (C=O) groups is 1. The molecular weight excluding hydrogens is 324 g/mol. The Morgan fingerprint density at radius 1 is 1.33 bits per heavy atom. The topological polar surface area (TPSA) is 62.9 Å². The van der Waals surface area contributed by atoms with Crippen LogP contribution in [0.3, 0.4) is 0 Å². The summed E-state index contributed by atoms with van der Waals surface area (Å²) in [5.41, 5.74) is 1.43. The second-order valence-electron chi connectivity index (χ2n) is 5.57. The van der Waals surface area contributed by atoms with E-state index in [1.54, 1.807) is 18.9 Å². The number of aliphatic imine (C=N–C) groups is 1. The number of anilines is 1. The van der Waals surface area contributed by atoms with Gasteiger partial charge in [0.15, 0.2) is 0 Å². The first-order valence-electron chi connectivity index (χ1n) is 7.93. The third kappa shape index (κ3) is 2.45. The van der Waals surface area contributed by atoms with Gasteiger partial charge in [-0.3, -0.25) is 4.79 Å². The summed E-state index contributed by atoms with van der Waals surface area (Å²) >= 11 is 1.51. The van der Waals surface area contributed by atoms with Crippen molar-refractivity contribution in [1.29, 1.82) is 0 Å². The van der Waals surface area contributed by atoms with Gasteiger partial charge in [0.25, 0.3) is 16.9 Å². The molecule has 0 radical (unpaired) electrons. The van der Waals surface area contributed by atoms with E-state index in [0.717, 1.165) is 15.3 Å². The Morgan fingerprint density at radius 2 is 2.00 bits per heavy atom. The molecule has 126 valence electrons. The number of para-hydroxylation sites is 1. The molecule has 2 heterocycles. The number of hydrogen-bond acceptors (Lipinski definition) is 5. The van der Waals surface area contributed by atoms with Crippen molar-refractivity contribution in [2.75, 3.05) is 25.0 Å². The van der Waals surface area contributed by atoms with Crippen LogP contribution < -0.4 is 14.6 Å². The number of rotatable bonds is 3. The third-order valence-corrected chi connectivity index (χ3v) is 5.40. The number of thiazole rings is 1. The molecule has 7 heteroatoms. The first kappa shape index (κ1) is 16.4. The first-order chi connectivity index (χ1) is 11.5. The molecule has 1 amide bonds. The maximum absolute atomic E-state index is 12.7. The van der Waals surface area contributed by atoms with E-state index in [0.29, 0.717) is 24.5 Å². The molecule has 0 N–H and O–H groups in total. The molecule has 1 aliphatic heterocycles. The molecule has 0 atom stereocenters. The molecule has 0 saturated carbocycles. The molecular formula is C17H20N4O2S. The Morgan fingerprint density at radius 3 is 2.67 bits per heavy atom. The highest BCUT2D eigenvalue weighted by molar-refractivity contribution is 7.21. The second kappa shape index (κ2) is 6.24. The maximum Gasteiger partial charge on any atom is 0.294 e. The standard InChI is InChI=1S/C17H20N4O2S/c1-5-20(6-2)15(22)11(3)14-18-16(23)19(4)17-21(14)12-9-7-8-10-13(12)24-17/h7-10H,5-6H2,1-4H3. The highest BCUT2D eigenvalue weighted by atomic mass is 32.1. The number of hydrogen-bond donors (Lipinski definition) is 0. The third-order valence-electron chi connectivity index (χ3n) is 4.19. The number of likely N-dealkylation sites (N-methyl/N-ethyl adjacent to an activating group) is 1. The summed E-state index contributed by atoms with van der Waals surface area (Å²) in [6.45, 7) is 6.86. The number of amides is 1. The van der Waals surface area contributed by atoms with Gasteiger partial charge in [0, 0.05) is 13.1 Å². The van der Waals surface area contributed by atoms with Gasteiger partial charge in [-0.05, 0) is 32.9 Å². The van der Waals surface area contributed by atoms with E-state index in [9.17, 15) is 9.90 Å². The summed E-state index contributed by atoms with van der Waals surface area (Å²) in [5.74, 6) is 0.326. The predicted molar refractivity (Wildman–Crippen MR) is 94.7 cm³/mol. The van der Waals surface area contributed by atoms with E-state index in [1.165, 1.54) is 16.2 Å². The Balaban J connectivity index is 2.26. The number of benzene rings is 1. The van der Waals surface area contributed by atoms with Crippen LogP contribution in [0.2, 0.25) is 0 Å². The highest BCUT2D eigenvalue weighted by Gasteiger charge is 2.33. The lowest BCUT2D eigenvalue weighted by Crippen LogP contribution is -2.50. The lowest BCUT2D eigenvalue weighted by Gasteiger charge is -2.23. The number of fused-ring (bicyclic) bond motifs is 3. The average molecular weight is 344 g/mol. The van der Waals surface area contributed by atoms with Crippen LogP contribution >= 0.6 is 11.3 Å². The van der Waals surface area contributed by atoms with Crippen LogP contribution in [-0.4, -0.2) is 37.0 Å². The van der Waals surface area contributed by atoms with Gasteiger partial charge in [-0.15, -0.1) is 0 Å². The highest BCUT2D eigenvalue weighted by Crippen LogP contribution is 2.31. The Labute approximate surface area is 145 Å². The van der Waals surface area contributed by atoms with Gasteiger partial charge in [0.1, 0.15) is 5.52 Å². The smallest absolute Gasteiger partial charge is 0.294 e. The Bertz CT molecular complexity index is 865. The van der Waals surface area contributed by atoms with Crippen LogP contribution in [0.1, 0.15) is 20.8 Å². The van der Waals surface area contributed by atoms with Gasteiger partial charge in [0.05, 0.1) is 17.3 Å². The fourth-order valence-corrected chi connectivity index (χ4v) is 3.89. The zero-order valence-corrected chi connectivity index (χ0v) is 15.1. The lowest BCUT2D eigenvalue weighted by molar-refractivity contribution is -0.538. The number of nitrogens with zero attached hydrogens (tertiary/aromatic N) is 4. The van der Waals surface area contributed by atoms with Crippen molar-refractivity contribution in [3.63, 3.8) is 0 Å². The summed E-state index contributed by atoms with van der Waals surface area (Å²) in [6.07, 6.45) is 0. The van der Waals surface area contributed by atoms with Gasteiger partial charge < -0.3 is 10.0 Å². The molecule has 0 spiro atoms. The summed E-state index contributed by atoms with van der Waals surface area (Å²) in [7, 11) is 1.70. The van der Waals surface area contributed by atoms with Crippen molar-refractivity contribution in [3.8, 4) is 0 Å². The summed E-state index contributed by atoms with van der Waals surface area (Å²) in [6, 6.07) is 7.52. The second-order valence-corrected chi connectivity index (χ2v) is 6.58. The minimum atomic E-state index is -0.358. The van der Waals surface area contributed by atoms with Crippen LogP contribution in [0.5, 0.6) is 0 Å². The zero-order valence-electron chi connectivity index (χ0n) is 14.2. The van der Waals surface area contributed by atoms with Crippen LogP contribution in [-0.2, 0) is 4.79 Å². The van der Waals surface area contributed by atoms with Crippen molar-refractivity contribution in [3.05, 3.63) is 29.8 Å². The van der Waals surface area contributed by atoms with Gasteiger partial charge in [0.2, 0.25) is 6.02 Å². The van der Waals surface area contributed by atoms with E-state index < -0.39 is 0 Å². The monoisotopic (exact) mass is 344 g/mol. The summed E-state index contributed by atoms with van der Waals surface area (Å²) < 4.78 is 2.95. The van der Waals surface area contributed by atoms with Gasteiger partial charge in [-0.2, -0.15) is 4.57 Å². The van der Waals surface area contributed by atoms with Crippen molar-refractivity contribution in [2.45, 2.75) is 20.8 Å². The summed E-state index contributed by atoms with van der Waals surface area (Å²) in [4.78, 5) is 20.2. The van der Waals surface area contributed by atoms with Crippen molar-refractivity contribution in [2.24, 2.45) is 4.99 Å². The van der Waals surface area contributed by atoms with E-state index in [2.05, 4.69) is 4.99 Å². The van der Waals surface area contributed by atoms with E-state index in [4.69, 9.17) is 0 Å². The molecule has 6 nitrogen and oxygen atoms in total. The molecule has 1 aliphatic rings. The molecule has 1 aromatic carbocycles. The van der Waals surface area contributed by atoms with Gasteiger partial charge in [-0.25, -0.2) is 4.90 Å². The maximum atomic E-state index is 12.7. The average Bonchev–Trinajstić information content (AvgIpc) is 2.98. The van der Waals surface area contributed by atoms with Crippen LogP contribution in [0.4, 0.5) is 5.13 Å². The summed E-state index contributed by atoms with van der Waals surface area (Å²) in [5, 5.41) is 13.0. The number of aromatic nitrogens is 1. The fraction of sp³-hybridized carbons (Fsp3) is 0.353. The van der Waals surface area contributed by atoms with E-state index in [1.807, 2.05) is 42.7 Å². The molecule has 3 rings (SSSR count). The molecule has 24 heavy (non-hydrogen) atoms. The quantitative estimate of drug-likeness (QED) is 0.625. The van der Waals surface area contributed by atoms with Crippen molar-refractivity contribution >= 4 is 44.4 Å². The molecule has 1 aromatic heterocycles. The minimum absolute atomic E-state index is 0.0927. The van der Waals surface area contributed by atoms with Crippen molar-refractivity contribution < 1.29 is 14.5 Å². The molecule has 0 aliphatic carbocycles. The SMILES string of the molecule is CCN(CC)C(=O)/C(C)=C1\N=C([O-])N(C)c2sc3ccccc3[n+]21. The van der Waals surface area contributed by atoms with Crippen LogP contribution in [0.15, 0.2) is 34.8 Å². The predicted octanol–water partition coefficient (Wildman–Crippen LogP) is 1.41. The Kier molecular flexibility index (Phi) is 4.28. The minimum Gasteiger partial charge on any atom is -0.820 e. The molecule has 0 fully saturated rings.